The van der Waals surface area contributed by atoms with Gasteiger partial charge in [0.25, 0.3) is 0 Å². The van der Waals surface area contributed by atoms with Gasteiger partial charge in [0.15, 0.2) is 17.5 Å². The van der Waals surface area contributed by atoms with Gasteiger partial charge < -0.3 is 0 Å². The molecular weight excluding hydrogens is 643 g/mol. The predicted octanol–water partition coefficient (Wildman–Crippen LogP) is 12.0. The minimum Gasteiger partial charge on any atom is -0.208 e. The number of aromatic nitrogens is 3. The van der Waals surface area contributed by atoms with Crippen molar-refractivity contribution in [2.45, 2.75) is 5.41 Å². The zero-order chi connectivity index (χ0) is 34.9. The molecule has 246 valence electrons. The maximum atomic E-state index is 5.27. The molecule has 53 heavy (non-hydrogen) atoms. The van der Waals surface area contributed by atoms with E-state index in [2.05, 4.69) is 170 Å². The van der Waals surface area contributed by atoms with Gasteiger partial charge in [-0.15, -0.1) is 0 Å². The summed E-state index contributed by atoms with van der Waals surface area (Å²) in [6.07, 6.45) is 0. The van der Waals surface area contributed by atoms with Crippen LogP contribution in [0.1, 0.15) is 22.3 Å². The zero-order valence-corrected chi connectivity index (χ0v) is 28.7. The third-order valence-electron chi connectivity index (χ3n) is 11.2. The molecule has 1 aromatic heterocycles. The van der Waals surface area contributed by atoms with Crippen molar-refractivity contribution in [3.8, 4) is 67.5 Å². The normalized spacial score (nSPS) is 13.1. The van der Waals surface area contributed by atoms with Crippen LogP contribution in [0.25, 0.3) is 78.3 Å². The summed E-state index contributed by atoms with van der Waals surface area (Å²) in [4.78, 5) is 15.6. The second kappa shape index (κ2) is 11.5. The van der Waals surface area contributed by atoms with Crippen molar-refractivity contribution in [2.75, 3.05) is 0 Å². The summed E-state index contributed by atoms with van der Waals surface area (Å²) in [6, 6.07) is 67.3. The average Bonchev–Trinajstić information content (AvgIpc) is 3.71. The highest BCUT2D eigenvalue weighted by Crippen LogP contribution is 2.63. The van der Waals surface area contributed by atoms with E-state index in [1.807, 2.05) is 18.2 Å². The topological polar surface area (TPSA) is 38.7 Å². The molecule has 0 saturated heterocycles. The molecule has 0 N–H and O–H groups in total. The molecule has 9 aromatic rings. The van der Waals surface area contributed by atoms with Crippen LogP contribution < -0.4 is 0 Å². The molecule has 8 aromatic carbocycles. The molecule has 0 saturated carbocycles. The van der Waals surface area contributed by atoms with Crippen molar-refractivity contribution >= 4 is 10.8 Å². The smallest absolute Gasteiger partial charge is 0.164 e. The van der Waals surface area contributed by atoms with Gasteiger partial charge in [-0.25, -0.2) is 15.0 Å². The lowest BCUT2D eigenvalue weighted by Gasteiger charge is -2.30. The van der Waals surface area contributed by atoms with Crippen LogP contribution >= 0.6 is 0 Å². The molecule has 3 nitrogen and oxygen atoms in total. The lowest BCUT2D eigenvalue weighted by Crippen LogP contribution is -2.25. The molecular formula is C50H31N3. The Morgan fingerprint density at radius 2 is 0.755 bits per heavy atom. The molecule has 0 atom stereocenters. The maximum Gasteiger partial charge on any atom is 0.164 e. The van der Waals surface area contributed by atoms with E-state index in [1.54, 1.807) is 0 Å². The van der Waals surface area contributed by atoms with Gasteiger partial charge in [-0.2, -0.15) is 0 Å². The third kappa shape index (κ3) is 4.38. The van der Waals surface area contributed by atoms with Crippen molar-refractivity contribution < 1.29 is 0 Å². The Morgan fingerprint density at radius 3 is 1.45 bits per heavy atom. The van der Waals surface area contributed by atoms with E-state index >= 15 is 0 Å². The number of benzene rings is 8. The highest BCUT2D eigenvalue weighted by Gasteiger charge is 2.52. The van der Waals surface area contributed by atoms with Crippen molar-refractivity contribution in [1.29, 1.82) is 0 Å². The minimum absolute atomic E-state index is 0.439. The second-order valence-electron chi connectivity index (χ2n) is 13.9. The molecule has 0 amide bonds. The van der Waals surface area contributed by atoms with Crippen molar-refractivity contribution in [3.05, 3.63) is 210 Å². The van der Waals surface area contributed by atoms with Gasteiger partial charge in [0.05, 0.1) is 5.41 Å². The fourth-order valence-corrected chi connectivity index (χ4v) is 8.85. The van der Waals surface area contributed by atoms with Crippen LogP contribution in [-0.4, -0.2) is 15.0 Å². The van der Waals surface area contributed by atoms with Crippen LogP contribution in [0.5, 0.6) is 0 Å². The maximum absolute atomic E-state index is 5.27. The van der Waals surface area contributed by atoms with Gasteiger partial charge in [0.2, 0.25) is 0 Å². The van der Waals surface area contributed by atoms with Crippen LogP contribution in [-0.2, 0) is 5.41 Å². The standard InChI is InChI=1S/C50H31N3/c1-2-14-34(15-3-1)47-51-48(35-28-25-33(26-29-35)37-30-27-32-13-4-5-16-36(32)31-37)53-49(52-47)41-20-12-24-45-46(41)40-19-8-11-23-44(40)50(45)42-21-9-6-17-38(42)39-18-7-10-22-43(39)50/h1-31H. The summed E-state index contributed by atoms with van der Waals surface area (Å²) in [5.41, 5.74) is 14.9. The number of nitrogens with zero attached hydrogens (tertiary/aromatic N) is 3. The molecule has 11 rings (SSSR count). The van der Waals surface area contributed by atoms with E-state index in [0.29, 0.717) is 17.5 Å². The molecule has 1 heterocycles. The molecule has 0 aliphatic heterocycles. The van der Waals surface area contributed by atoms with Gasteiger partial charge in [-0.05, 0) is 72.5 Å². The zero-order valence-electron chi connectivity index (χ0n) is 28.7. The van der Waals surface area contributed by atoms with Crippen LogP contribution in [0, 0.1) is 0 Å². The van der Waals surface area contributed by atoms with E-state index in [1.165, 1.54) is 60.8 Å². The number of rotatable bonds is 4. The number of fused-ring (bicyclic) bond motifs is 11. The Hall–Kier alpha value is -6.97. The van der Waals surface area contributed by atoms with Gasteiger partial charge >= 0.3 is 0 Å². The van der Waals surface area contributed by atoms with Crippen LogP contribution in [0.4, 0.5) is 0 Å². The summed E-state index contributed by atoms with van der Waals surface area (Å²) in [6.45, 7) is 0. The monoisotopic (exact) mass is 673 g/mol. The van der Waals surface area contributed by atoms with Gasteiger partial charge in [0, 0.05) is 16.7 Å². The molecule has 3 heteroatoms. The summed E-state index contributed by atoms with van der Waals surface area (Å²) in [5, 5.41) is 2.47. The quantitative estimate of drug-likeness (QED) is 0.187. The summed E-state index contributed by atoms with van der Waals surface area (Å²) in [7, 11) is 0. The molecule has 0 radical (unpaired) electrons. The first-order chi connectivity index (χ1) is 26.3. The van der Waals surface area contributed by atoms with Crippen LogP contribution in [0.15, 0.2) is 188 Å². The predicted molar refractivity (Wildman–Crippen MR) is 215 cm³/mol. The second-order valence-corrected chi connectivity index (χ2v) is 13.9. The largest absolute Gasteiger partial charge is 0.208 e. The SMILES string of the molecule is c1ccc(-c2nc(-c3ccc(-c4ccc5ccccc5c4)cc3)nc(-c3cccc4c3-c3ccccc3C43c4ccccc4-c4ccccc43)n2)cc1. The molecule has 0 fully saturated rings. The first-order valence-electron chi connectivity index (χ1n) is 18.1. The molecule has 0 bridgehead atoms. The fourth-order valence-electron chi connectivity index (χ4n) is 8.85. The van der Waals surface area contributed by atoms with E-state index in [9.17, 15) is 0 Å². The first-order valence-corrected chi connectivity index (χ1v) is 18.1. The Balaban J connectivity index is 1.11. The lowest BCUT2D eigenvalue weighted by atomic mass is 9.70. The average molecular weight is 674 g/mol. The lowest BCUT2D eigenvalue weighted by molar-refractivity contribution is 0.794. The van der Waals surface area contributed by atoms with E-state index in [-0.39, 0.29) is 0 Å². The summed E-state index contributed by atoms with van der Waals surface area (Å²) >= 11 is 0. The van der Waals surface area contributed by atoms with E-state index < -0.39 is 5.41 Å². The molecule has 2 aliphatic rings. The number of hydrogen-bond acceptors (Lipinski definition) is 3. The molecule has 1 spiro atoms. The Kier molecular flexibility index (Phi) is 6.47. The van der Waals surface area contributed by atoms with Crippen molar-refractivity contribution in [3.63, 3.8) is 0 Å². The first kappa shape index (κ1) is 29.7. The Bertz CT molecular complexity index is 2850. The van der Waals surface area contributed by atoms with E-state index in [0.717, 1.165) is 22.3 Å². The highest BCUT2D eigenvalue weighted by molar-refractivity contribution is 5.99. The highest BCUT2D eigenvalue weighted by atomic mass is 15.0. The number of hydrogen-bond donors (Lipinski definition) is 0. The van der Waals surface area contributed by atoms with Crippen LogP contribution in [0.2, 0.25) is 0 Å². The van der Waals surface area contributed by atoms with Crippen LogP contribution in [0.3, 0.4) is 0 Å². The Labute approximate surface area is 308 Å². The third-order valence-corrected chi connectivity index (χ3v) is 11.2. The van der Waals surface area contributed by atoms with Gasteiger partial charge in [-0.1, -0.05) is 182 Å². The summed E-state index contributed by atoms with van der Waals surface area (Å²) in [5.74, 6) is 1.96. The molecule has 0 unspecified atom stereocenters. The van der Waals surface area contributed by atoms with Gasteiger partial charge in [-0.3, -0.25) is 0 Å². The van der Waals surface area contributed by atoms with Gasteiger partial charge in [0.1, 0.15) is 0 Å². The molecule has 2 aliphatic carbocycles. The summed E-state index contributed by atoms with van der Waals surface area (Å²) < 4.78 is 0. The fraction of sp³-hybridized carbons (Fsp3) is 0.0200. The van der Waals surface area contributed by atoms with E-state index in [4.69, 9.17) is 15.0 Å². The van der Waals surface area contributed by atoms with Crippen molar-refractivity contribution in [2.24, 2.45) is 0 Å². The Morgan fingerprint density at radius 1 is 0.283 bits per heavy atom. The van der Waals surface area contributed by atoms with Crippen molar-refractivity contribution in [1.82, 2.24) is 15.0 Å². The minimum atomic E-state index is -0.439.